The van der Waals surface area contributed by atoms with Crippen LogP contribution >= 0.6 is 0 Å². The third kappa shape index (κ3) is 3.44. The Labute approximate surface area is 109 Å². The molecule has 0 aromatic heterocycles. The van der Waals surface area contributed by atoms with Crippen molar-refractivity contribution in [3.8, 4) is 0 Å². The van der Waals surface area contributed by atoms with E-state index in [4.69, 9.17) is 18.9 Å². The first-order chi connectivity index (χ1) is 8.57. The zero-order valence-electron chi connectivity index (χ0n) is 11.4. The molecule has 2 heterocycles. The van der Waals surface area contributed by atoms with Gasteiger partial charge in [-0.15, -0.1) is 0 Å². The SMILES string of the molecule is CC1(OCC2CCC(COC3(C)CO3)CC2)CO1. The highest BCUT2D eigenvalue weighted by atomic mass is 16.8. The Morgan fingerprint density at radius 2 is 1.17 bits per heavy atom. The van der Waals surface area contributed by atoms with Crippen molar-refractivity contribution in [2.45, 2.75) is 51.1 Å². The Balaban J connectivity index is 1.30. The smallest absolute Gasteiger partial charge is 0.189 e. The third-order valence-electron chi connectivity index (χ3n) is 4.32. The van der Waals surface area contributed by atoms with E-state index in [-0.39, 0.29) is 11.6 Å². The molecule has 0 spiro atoms. The molecule has 2 unspecified atom stereocenters. The fourth-order valence-electron chi connectivity index (χ4n) is 2.52. The fraction of sp³-hybridized carbons (Fsp3) is 1.00. The van der Waals surface area contributed by atoms with Gasteiger partial charge in [0.1, 0.15) is 13.2 Å². The minimum Gasteiger partial charge on any atom is -0.348 e. The molecule has 0 aromatic rings. The molecule has 0 radical (unpaired) electrons. The molecule has 18 heavy (non-hydrogen) atoms. The second-order valence-electron chi connectivity index (χ2n) is 6.35. The standard InChI is InChI=1S/C14H24O4/c1-13(9-17-13)15-7-11-3-5-12(6-4-11)8-16-14(2)10-18-14/h11-12H,3-10H2,1-2H3. The summed E-state index contributed by atoms with van der Waals surface area (Å²) in [6.07, 6.45) is 5.01. The van der Waals surface area contributed by atoms with Gasteiger partial charge in [0, 0.05) is 0 Å². The lowest BCUT2D eigenvalue weighted by Crippen LogP contribution is -2.26. The Morgan fingerprint density at radius 3 is 1.44 bits per heavy atom. The summed E-state index contributed by atoms with van der Waals surface area (Å²) in [5, 5.41) is 0. The third-order valence-corrected chi connectivity index (χ3v) is 4.32. The van der Waals surface area contributed by atoms with Crippen LogP contribution in [-0.4, -0.2) is 38.0 Å². The molecule has 4 heteroatoms. The molecule has 0 bridgehead atoms. The van der Waals surface area contributed by atoms with E-state index in [0.29, 0.717) is 11.8 Å². The molecule has 2 aliphatic heterocycles. The summed E-state index contributed by atoms with van der Waals surface area (Å²) in [6, 6.07) is 0. The molecule has 0 N–H and O–H groups in total. The summed E-state index contributed by atoms with van der Waals surface area (Å²) in [6.45, 7) is 7.25. The average molecular weight is 256 g/mol. The van der Waals surface area contributed by atoms with Crippen molar-refractivity contribution in [2.24, 2.45) is 11.8 Å². The van der Waals surface area contributed by atoms with E-state index in [2.05, 4.69) is 0 Å². The van der Waals surface area contributed by atoms with Gasteiger partial charge in [0.2, 0.25) is 0 Å². The Kier molecular flexibility index (Phi) is 3.39. The van der Waals surface area contributed by atoms with E-state index >= 15 is 0 Å². The normalized spacial score (nSPS) is 47.0. The van der Waals surface area contributed by atoms with Crippen molar-refractivity contribution >= 4 is 0 Å². The maximum Gasteiger partial charge on any atom is 0.189 e. The zero-order chi connectivity index (χ0) is 12.6. The lowest BCUT2D eigenvalue weighted by atomic mass is 9.83. The molecule has 104 valence electrons. The Bertz CT molecular complexity index is 258. The summed E-state index contributed by atoms with van der Waals surface area (Å²) in [4.78, 5) is 0. The molecular formula is C14H24O4. The van der Waals surface area contributed by atoms with E-state index in [0.717, 1.165) is 26.4 Å². The highest BCUT2D eigenvalue weighted by Gasteiger charge is 2.42. The van der Waals surface area contributed by atoms with Crippen LogP contribution in [0.25, 0.3) is 0 Å². The van der Waals surface area contributed by atoms with E-state index in [1.54, 1.807) is 0 Å². The van der Waals surface area contributed by atoms with Crippen LogP contribution in [0.15, 0.2) is 0 Å². The van der Waals surface area contributed by atoms with E-state index < -0.39 is 0 Å². The lowest BCUT2D eigenvalue weighted by Gasteiger charge is -2.29. The maximum absolute atomic E-state index is 5.77. The van der Waals surface area contributed by atoms with Crippen LogP contribution in [0.5, 0.6) is 0 Å². The van der Waals surface area contributed by atoms with Gasteiger partial charge in [0.25, 0.3) is 0 Å². The van der Waals surface area contributed by atoms with Crippen LogP contribution in [0.1, 0.15) is 39.5 Å². The first-order valence-electron chi connectivity index (χ1n) is 7.13. The van der Waals surface area contributed by atoms with Gasteiger partial charge in [-0.3, -0.25) is 0 Å². The summed E-state index contributed by atoms with van der Waals surface area (Å²) in [5.41, 5.74) is 0. The highest BCUT2D eigenvalue weighted by molar-refractivity contribution is 4.79. The molecule has 2 saturated heterocycles. The molecular weight excluding hydrogens is 232 g/mol. The summed E-state index contributed by atoms with van der Waals surface area (Å²) >= 11 is 0. The van der Waals surface area contributed by atoms with Crippen LogP contribution in [0.3, 0.4) is 0 Å². The van der Waals surface area contributed by atoms with Crippen molar-refractivity contribution in [2.75, 3.05) is 26.4 Å². The second kappa shape index (κ2) is 4.75. The number of epoxide rings is 2. The first-order valence-corrected chi connectivity index (χ1v) is 7.13. The minimum absolute atomic E-state index is 0.252. The quantitative estimate of drug-likeness (QED) is 0.684. The van der Waals surface area contributed by atoms with Gasteiger partial charge in [0.05, 0.1) is 13.2 Å². The number of rotatable bonds is 6. The Morgan fingerprint density at radius 1 is 0.833 bits per heavy atom. The van der Waals surface area contributed by atoms with Gasteiger partial charge in [0.15, 0.2) is 11.6 Å². The topological polar surface area (TPSA) is 43.5 Å². The predicted molar refractivity (Wildman–Crippen MR) is 66.1 cm³/mol. The van der Waals surface area contributed by atoms with Crippen LogP contribution in [0.2, 0.25) is 0 Å². The number of ether oxygens (including phenoxy) is 4. The Hall–Kier alpha value is -0.160. The molecule has 1 aliphatic carbocycles. The molecule has 1 saturated carbocycles. The lowest BCUT2D eigenvalue weighted by molar-refractivity contribution is -0.0660. The van der Waals surface area contributed by atoms with E-state index in [1.807, 2.05) is 13.8 Å². The van der Waals surface area contributed by atoms with Gasteiger partial charge in [-0.2, -0.15) is 0 Å². The maximum atomic E-state index is 5.77. The molecule has 0 aromatic carbocycles. The summed E-state index contributed by atoms with van der Waals surface area (Å²) in [7, 11) is 0. The monoisotopic (exact) mass is 256 g/mol. The van der Waals surface area contributed by atoms with Crippen LogP contribution in [-0.2, 0) is 18.9 Å². The molecule has 0 amide bonds. The van der Waals surface area contributed by atoms with Crippen molar-refractivity contribution in [1.82, 2.24) is 0 Å². The molecule has 2 atom stereocenters. The zero-order valence-corrected chi connectivity index (χ0v) is 11.4. The van der Waals surface area contributed by atoms with Crippen LogP contribution < -0.4 is 0 Å². The van der Waals surface area contributed by atoms with Crippen molar-refractivity contribution in [3.05, 3.63) is 0 Å². The van der Waals surface area contributed by atoms with E-state index in [1.165, 1.54) is 25.7 Å². The van der Waals surface area contributed by atoms with Crippen LogP contribution in [0.4, 0.5) is 0 Å². The molecule has 3 fully saturated rings. The van der Waals surface area contributed by atoms with Gasteiger partial charge in [-0.1, -0.05) is 0 Å². The van der Waals surface area contributed by atoms with Crippen molar-refractivity contribution < 1.29 is 18.9 Å². The average Bonchev–Trinajstić information content (AvgIpc) is 3.28. The molecule has 3 rings (SSSR count). The van der Waals surface area contributed by atoms with Gasteiger partial charge < -0.3 is 18.9 Å². The second-order valence-corrected chi connectivity index (χ2v) is 6.35. The van der Waals surface area contributed by atoms with Gasteiger partial charge in [-0.25, -0.2) is 0 Å². The molecule has 3 aliphatic rings. The van der Waals surface area contributed by atoms with Crippen LogP contribution in [0, 0.1) is 11.8 Å². The van der Waals surface area contributed by atoms with Gasteiger partial charge in [-0.05, 0) is 51.4 Å². The highest BCUT2D eigenvalue weighted by Crippen LogP contribution is 2.35. The van der Waals surface area contributed by atoms with Crippen molar-refractivity contribution in [1.29, 1.82) is 0 Å². The first kappa shape index (κ1) is 12.9. The predicted octanol–water partition coefficient (Wildman–Crippen LogP) is 2.32. The number of hydrogen-bond acceptors (Lipinski definition) is 4. The largest absolute Gasteiger partial charge is 0.348 e. The van der Waals surface area contributed by atoms with Gasteiger partial charge >= 0.3 is 0 Å². The summed E-state index contributed by atoms with van der Waals surface area (Å²) in [5.74, 6) is 0.903. The van der Waals surface area contributed by atoms with E-state index in [9.17, 15) is 0 Å². The molecule has 4 nitrogen and oxygen atoms in total. The fourth-order valence-corrected chi connectivity index (χ4v) is 2.52. The summed E-state index contributed by atoms with van der Waals surface area (Å²) < 4.78 is 22.0. The minimum atomic E-state index is -0.252. The van der Waals surface area contributed by atoms with Crippen molar-refractivity contribution in [3.63, 3.8) is 0 Å². The number of hydrogen-bond donors (Lipinski definition) is 0.